The Hall–Kier alpha value is -3.26. The molecule has 2 N–H and O–H groups in total. The Morgan fingerprint density at radius 2 is 2.04 bits per heavy atom. The van der Waals surface area contributed by atoms with Crippen LogP contribution in [0.3, 0.4) is 0 Å². The Morgan fingerprint density at radius 3 is 2.79 bits per heavy atom. The zero-order valence-corrected chi connectivity index (χ0v) is 15.0. The Bertz CT molecular complexity index is 1100. The summed E-state index contributed by atoms with van der Waals surface area (Å²) in [6, 6.07) is 9.27. The fourth-order valence-electron chi connectivity index (χ4n) is 3.04. The average molecular weight is 403 g/mol. The molecule has 9 heteroatoms. The minimum atomic E-state index is -1.07. The number of fused-ring (bicyclic) bond motifs is 1. The van der Waals surface area contributed by atoms with Crippen LogP contribution in [0.25, 0.3) is 11.1 Å². The van der Waals surface area contributed by atoms with Crippen LogP contribution >= 0.6 is 11.6 Å². The summed E-state index contributed by atoms with van der Waals surface area (Å²) in [6.45, 7) is 0. The van der Waals surface area contributed by atoms with Gasteiger partial charge in [-0.25, -0.2) is 13.5 Å². The zero-order chi connectivity index (χ0) is 19.8. The van der Waals surface area contributed by atoms with E-state index in [0.717, 1.165) is 17.7 Å². The van der Waals surface area contributed by atoms with Crippen LogP contribution in [-0.4, -0.2) is 21.6 Å². The first kappa shape index (κ1) is 18.1. The lowest BCUT2D eigenvalue weighted by atomic mass is 10.1. The molecular formula is C19H13ClF2N4O2. The van der Waals surface area contributed by atoms with Gasteiger partial charge in [-0.15, -0.1) is 0 Å². The number of carbonyl (C=O) groups excluding carboxylic acids is 2. The lowest BCUT2D eigenvalue weighted by Crippen LogP contribution is -2.23. The largest absolute Gasteiger partial charge is 0.326 e. The van der Waals surface area contributed by atoms with Crippen molar-refractivity contribution in [1.82, 2.24) is 9.78 Å². The number of rotatable bonds is 4. The van der Waals surface area contributed by atoms with Crippen LogP contribution in [0, 0.1) is 11.6 Å². The fraction of sp³-hybridized carbons (Fsp3) is 0.105. The lowest BCUT2D eigenvalue weighted by Gasteiger charge is -2.10. The summed E-state index contributed by atoms with van der Waals surface area (Å²) in [7, 11) is 0. The SMILES string of the molecule is O=C(CC1C(=O)Nc2c(-c3cccc(Cl)c3)cnn21)Nc1ccc(F)c(F)c1. The number of nitrogens with zero attached hydrogens (tertiary/aromatic N) is 2. The van der Waals surface area contributed by atoms with E-state index < -0.39 is 23.6 Å². The monoisotopic (exact) mass is 402 g/mol. The molecule has 28 heavy (non-hydrogen) atoms. The minimum absolute atomic E-state index is 0.0996. The molecule has 1 aromatic heterocycles. The van der Waals surface area contributed by atoms with Crippen LogP contribution in [0.2, 0.25) is 5.02 Å². The number of hydrogen-bond donors (Lipinski definition) is 2. The van der Waals surface area contributed by atoms with Gasteiger partial charge in [-0.2, -0.15) is 5.10 Å². The van der Waals surface area contributed by atoms with Gasteiger partial charge < -0.3 is 10.6 Å². The second-order valence-corrected chi connectivity index (χ2v) is 6.68. The molecule has 2 amide bonds. The Balaban J connectivity index is 1.53. The van der Waals surface area contributed by atoms with Crippen LogP contribution in [0.1, 0.15) is 12.5 Å². The molecule has 0 saturated heterocycles. The van der Waals surface area contributed by atoms with Crippen molar-refractivity contribution in [3.63, 3.8) is 0 Å². The predicted molar refractivity (Wildman–Crippen MR) is 99.9 cm³/mol. The molecule has 2 heterocycles. The standard InChI is InChI=1S/C19H13ClF2N4O2/c20-11-3-1-2-10(6-11)13-9-23-26-16(19(28)25-18(13)26)8-17(27)24-12-4-5-14(21)15(22)7-12/h1-7,9,16H,8H2,(H,24,27)(H,25,28). The summed E-state index contributed by atoms with van der Waals surface area (Å²) >= 11 is 6.02. The molecular weight excluding hydrogens is 390 g/mol. The smallest absolute Gasteiger partial charge is 0.251 e. The molecule has 1 unspecified atom stereocenters. The number of halogens is 3. The number of anilines is 2. The summed E-state index contributed by atoms with van der Waals surface area (Å²) in [5.74, 6) is -2.52. The first-order valence-corrected chi connectivity index (χ1v) is 8.69. The molecule has 142 valence electrons. The highest BCUT2D eigenvalue weighted by atomic mass is 35.5. The summed E-state index contributed by atoms with van der Waals surface area (Å²) in [5, 5.41) is 9.95. The molecule has 6 nitrogen and oxygen atoms in total. The normalized spacial score (nSPS) is 15.2. The number of carbonyl (C=O) groups is 2. The van der Waals surface area contributed by atoms with Crippen molar-refractivity contribution in [2.24, 2.45) is 0 Å². The minimum Gasteiger partial charge on any atom is -0.326 e. The molecule has 0 saturated carbocycles. The topological polar surface area (TPSA) is 76.0 Å². The molecule has 2 aromatic carbocycles. The van der Waals surface area contributed by atoms with Crippen molar-refractivity contribution in [3.8, 4) is 11.1 Å². The van der Waals surface area contributed by atoms with Gasteiger partial charge in [0.1, 0.15) is 11.9 Å². The molecule has 0 radical (unpaired) electrons. The van der Waals surface area contributed by atoms with Crippen molar-refractivity contribution < 1.29 is 18.4 Å². The van der Waals surface area contributed by atoms with Crippen LogP contribution in [0.15, 0.2) is 48.7 Å². The Morgan fingerprint density at radius 1 is 1.21 bits per heavy atom. The molecule has 0 aliphatic carbocycles. The van der Waals surface area contributed by atoms with Gasteiger partial charge in [0.2, 0.25) is 5.91 Å². The number of aromatic nitrogens is 2. The Kier molecular flexibility index (Phi) is 4.56. The van der Waals surface area contributed by atoms with Crippen LogP contribution in [0.5, 0.6) is 0 Å². The van der Waals surface area contributed by atoms with Gasteiger partial charge in [0.05, 0.1) is 12.6 Å². The van der Waals surface area contributed by atoms with E-state index in [1.165, 1.54) is 10.7 Å². The zero-order valence-electron chi connectivity index (χ0n) is 14.2. The Labute approximate surface area is 163 Å². The van der Waals surface area contributed by atoms with Gasteiger partial charge in [-0.3, -0.25) is 9.59 Å². The quantitative estimate of drug-likeness (QED) is 0.692. The second-order valence-electron chi connectivity index (χ2n) is 6.25. The third-order valence-corrected chi connectivity index (χ3v) is 4.59. The van der Waals surface area contributed by atoms with Gasteiger partial charge >= 0.3 is 0 Å². The van der Waals surface area contributed by atoms with Crippen molar-refractivity contribution in [2.75, 3.05) is 10.6 Å². The van der Waals surface area contributed by atoms with E-state index in [1.807, 2.05) is 6.07 Å². The van der Waals surface area contributed by atoms with Crippen molar-refractivity contribution >= 4 is 34.9 Å². The number of hydrogen-bond acceptors (Lipinski definition) is 3. The van der Waals surface area contributed by atoms with Crippen molar-refractivity contribution in [3.05, 3.63) is 65.3 Å². The highest BCUT2D eigenvalue weighted by Crippen LogP contribution is 2.36. The predicted octanol–water partition coefficient (Wildman–Crippen LogP) is 4.00. The lowest BCUT2D eigenvalue weighted by molar-refractivity contribution is -0.123. The first-order valence-electron chi connectivity index (χ1n) is 8.31. The van der Waals surface area contributed by atoms with Crippen LogP contribution < -0.4 is 10.6 Å². The van der Waals surface area contributed by atoms with E-state index >= 15 is 0 Å². The third-order valence-electron chi connectivity index (χ3n) is 4.35. The van der Waals surface area contributed by atoms with E-state index in [9.17, 15) is 18.4 Å². The third kappa shape index (κ3) is 3.34. The summed E-state index contributed by atoms with van der Waals surface area (Å²) < 4.78 is 27.7. The van der Waals surface area contributed by atoms with Gasteiger partial charge in [-0.1, -0.05) is 23.7 Å². The van der Waals surface area contributed by atoms with Gasteiger partial charge in [0.15, 0.2) is 11.6 Å². The maximum absolute atomic E-state index is 13.3. The fourth-order valence-corrected chi connectivity index (χ4v) is 3.23. The van der Waals surface area contributed by atoms with Crippen LogP contribution in [0.4, 0.5) is 20.3 Å². The molecule has 3 aromatic rings. The van der Waals surface area contributed by atoms with Crippen molar-refractivity contribution in [1.29, 1.82) is 0 Å². The van der Waals surface area contributed by atoms with E-state index in [2.05, 4.69) is 15.7 Å². The second kappa shape index (κ2) is 7.05. The number of nitrogens with one attached hydrogen (secondary N) is 2. The number of benzene rings is 2. The summed E-state index contributed by atoms with van der Waals surface area (Å²) in [6.07, 6.45) is 1.37. The van der Waals surface area contributed by atoms with E-state index in [-0.39, 0.29) is 18.0 Å². The molecule has 0 fully saturated rings. The van der Waals surface area contributed by atoms with Gasteiger partial charge in [0.25, 0.3) is 5.91 Å². The molecule has 1 atom stereocenters. The van der Waals surface area contributed by atoms with E-state index in [0.29, 0.717) is 16.4 Å². The van der Waals surface area contributed by atoms with Gasteiger partial charge in [0, 0.05) is 22.3 Å². The highest BCUT2D eigenvalue weighted by Gasteiger charge is 2.35. The number of amides is 2. The molecule has 0 bridgehead atoms. The highest BCUT2D eigenvalue weighted by molar-refractivity contribution is 6.30. The molecule has 4 rings (SSSR count). The molecule has 1 aliphatic heterocycles. The average Bonchev–Trinajstić information content (AvgIpc) is 3.18. The van der Waals surface area contributed by atoms with Gasteiger partial charge in [-0.05, 0) is 29.8 Å². The maximum atomic E-state index is 13.3. The van der Waals surface area contributed by atoms with E-state index in [4.69, 9.17) is 11.6 Å². The molecule has 0 spiro atoms. The van der Waals surface area contributed by atoms with E-state index in [1.54, 1.807) is 24.4 Å². The van der Waals surface area contributed by atoms with Crippen LogP contribution in [-0.2, 0) is 9.59 Å². The molecule has 1 aliphatic rings. The summed E-state index contributed by atoms with van der Waals surface area (Å²) in [4.78, 5) is 24.6. The van der Waals surface area contributed by atoms with Crippen molar-refractivity contribution in [2.45, 2.75) is 12.5 Å². The maximum Gasteiger partial charge on any atom is 0.251 e. The first-order chi connectivity index (χ1) is 13.4. The summed E-state index contributed by atoms with van der Waals surface area (Å²) in [5.41, 5.74) is 1.56.